The summed E-state index contributed by atoms with van der Waals surface area (Å²) in [6.45, 7) is 8.97. The summed E-state index contributed by atoms with van der Waals surface area (Å²) in [5.41, 5.74) is 0. The molecule has 94 valence electrons. The average Bonchev–Trinajstić information content (AvgIpc) is 2.24. The van der Waals surface area contributed by atoms with E-state index in [1.165, 1.54) is 25.6 Å². The average molecular weight is 244 g/mol. The fourth-order valence-electron chi connectivity index (χ4n) is 1.62. The van der Waals surface area contributed by atoms with Gasteiger partial charge >= 0.3 is 6.16 Å². The number of ether oxygens (including phenoxy) is 2. The van der Waals surface area contributed by atoms with Gasteiger partial charge in [0, 0.05) is 8.07 Å². The van der Waals surface area contributed by atoms with Gasteiger partial charge in [0.2, 0.25) is 0 Å². The predicted octanol–water partition coefficient (Wildman–Crippen LogP) is 3.83. The molecule has 0 atom stereocenters. The van der Waals surface area contributed by atoms with Gasteiger partial charge in [-0.2, -0.15) is 0 Å². The quantitative estimate of drug-likeness (QED) is 0.282. The number of allylic oxidation sites excluding steroid dienone is 1. The van der Waals surface area contributed by atoms with Crippen LogP contribution >= 0.6 is 0 Å². The molecule has 0 heterocycles. The van der Waals surface area contributed by atoms with Gasteiger partial charge in [-0.15, -0.1) is 6.58 Å². The Labute approximate surface area is 99.8 Å². The smallest absolute Gasteiger partial charge is 0.438 e. The third-order valence-corrected chi connectivity index (χ3v) is 6.06. The lowest BCUT2D eigenvalue weighted by Gasteiger charge is -2.21. The number of hydrogen-bond acceptors (Lipinski definition) is 3. The lowest BCUT2D eigenvalue weighted by Crippen LogP contribution is -2.25. The Hall–Kier alpha value is -0.773. The molecule has 16 heavy (non-hydrogen) atoms. The molecule has 0 spiro atoms. The Balaban J connectivity index is 3.56. The van der Waals surface area contributed by atoms with Crippen LogP contribution in [-0.4, -0.2) is 27.9 Å². The minimum absolute atomic E-state index is 0.477. The van der Waals surface area contributed by atoms with E-state index in [1.807, 2.05) is 6.08 Å². The second-order valence-electron chi connectivity index (χ2n) is 4.75. The molecule has 0 aliphatic heterocycles. The van der Waals surface area contributed by atoms with E-state index in [2.05, 4.69) is 24.4 Å². The van der Waals surface area contributed by atoms with Gasteiger partial charge in [0.15, 0.2) is 0 Å². The zero-order chi connectivity index (χ0) is 12.4. The number of carbonyl (C=O) groups excluding carboxylic acids is 1. The molecule has 0 aliphatic rings. The van der Waals surface area contributed by atoms with Crippen LogP contribution in [0.15, 0.2) is 12.7 Å². The Morgan fingerprint density at radius 2 is 1.94 bits per heavy atom. The highest BCUT2D eigenvalue weighted by atomic mass is 28.3. The second kappa shape index (κ2) is 8.39. The van der Waals surface area contributed by atoms with Crippen LogP contribution in [0, 0.1) is 0 Å². The Morgan fingerprint density at radius 3 is 2.50 bits per heavy atom. The third-order valence-electron chi connectivity index (χ3n) is 2.65. The normalized spacial score (nSPS) is 10.9. The van der Waals surface area contributed by atoms with Crippen LogP contribution in [0.2, 0.25) is 25.2 Å². The van der Waals surface area contributed by atoms with Gasteiger partial charge in [0.25, 0.3) is 0 Å². The molecule has 0 amide bonds. The summed E-state index contributed by atoms with van der Waals surface area (Å²) in [5.74, 6) is 0. The monoisotopic (exact) mass is 244 g/mol. The maximum Gasteiger partial charge on any atom is 0.507 e. The largest absolute Gasteiger partial charge is 0.507 e. The van der Waals surface area contributed by atoms with E-state index < -0.39 is 14.2 Å². The second-order valence-corrected chi connectivity index (χ2v) is 10.1. The van der Waals surface area contributed by atoms with Crippen LogP contribution in [0.25, 0.3) is 0 Å². The summed E-state index contributed by atoms with van der Waals surface area (Å²) in [5, 5.41) is 0. The molecule has 0 saturated carbocycles. The maximum absolute atomic E-state index is 10.7. The molecule has 0 saturated heterocycles. The molecule has 0 aromatic carbocycles. The molecule has 0 fully saturated rings. The standard InChI is InChI=1S/C12H24O3Si/c1-5-6-7-10-16(3,4)11-8-9-15-12(13)14-2/h5H,1,6-11H2,2-4H3. The first kappa shape index (κ1) is 15.2. The Bertz CT molecular complexity index is 214. The van der Waals surface area contributed by atoms with Crippen molar-refractivity contribution in [2.45, 2.75) is 44.4 Å². The number of rotatable bonds is 8. The van der Waals surface area contributed by atoms with Crippen molar-refractivity contribution in [2.24, 2.45) is 0 Å². The fourth-order valence-corrected chi connectivity index (χ4v) is 4.13. The Kier molecular flexibility index (Phi) is 7.98. The number of hydrogen-bond donors (Lipinski definition) is 0. The summed E-state index contributed by atoms with van der Waals surface area (Å²) < 4.78 is 9.26. The first-order chi connectivity index (χ1) is 7.52. The van der Waals surface area contributed by atoms with Gasteiger partial charge in [0.05, 0.1) is 13.7 Å². The van der Waals surface area contributed by atoms with Crippen molar-refractivity contribution in [2.75, 3.05) is 13.7 Å². The van der Waals surface area contributed by atoms with Gasteiger partial charge in [-0.05, 0) is 12.8 Å². The number of unbranched alkanes of at least 4 members (excludes halogenated alkanes) is 1. The van der Waals surface area contributed by atoms with Crippen molar-refractivity contribution in [1.82, 2.24) is 0 Å². The molecular weight excluding hydrogens is 220 g/mol. The van der Waals surface area contributed by atoms with Gasteiger partial charge in [-0.3, -0.25) is 0 Å². The molecule has 0 aromatic rings. The van der Waals surface area contributed by atoms with E-state index in [4.69, 9.17) is 4.74 Å². The SMILES string of the molecule is C=CCCC[Si](C)(C)CCCOC(=O)OC. The highest BCUT2D eigenvalue weighted by Gasteiger charge is 2.19. The van der Waals surface area contributed by atoms with E-state index in [1.54, 1.807) is 0 Å². The van der Waals surface area contributed by atoms with E-state index in [0.29, 0.717) is 6.61 Å². The summed E-state index contributed by atoms with van der Waals surface area (Å²) in [6, 6.07) is 2.51. The van der Waals surface area contributed by atoms with Crippen LogP contribution in [0.5, 0.6) is 0 Å². The van der Waals surface area contributed by atoms with E-state index in [9.17, 15) is 4.79 Å². The number of methoxy groups -OCH3 is 1. The topological polar surface area (TPSA) is 35.5 Å². The van der Waals surface area contributed by atoms with Crippen molar-refractivity contribution in [3.63, 3.8) is 0 Å². The van der Waals surface area contributed by atoms with Gasteiger partial charge < -0.3 is 9.47 Å². The molecule has 0 N–H and O–H groups in total. The van der Waals surface area contributed by atoms with Crippen LogP contribution in [0.4, 0.5) is 4.79 Å². The van der Waals surface area contributed by atoms with Crippen molar-refractivity contribution in [3.05, 3.63) is 12.7 Å². The maximum atomic E-state index is 10.7. The van der Waals surface area contributed by atoms with E-state index in [0.717, 1.165) is 12.8 Å². The van der Waals surface area contributed by atoms with Crippen molar-refractivity contribution in [3.8, 4) is 0 Å². The van der Waals surface area contributed by atoms with Crippen molar-refractivity contribution >= 4 is 14.2 Å². The lowest BCUT2D eigenvalue weighted by molar-refractivity contribution is 0.0728. The van der Waals surface area contributed by atoms with Crippen molar-refractivity contribution < 1.29 is 14.3 Å². The molecule has 0 unspecified atom stereocenters. The molecule has 0 aliphatic carbocycles. The molecule has 3 nitrogen and oxygen atoms in total. The van der Waals surface area contributed by atoms with Gasteiger partial charge in [0.1, 0.15) is 0 Å². The third kappa shape index (κ3) is 8.53. The highest BCUT2D eigenvalue weighted by molar-refractivity contribution is 6.77. The molecular formula is C12H24O3Si. The first-order valence-electron chi connectivity index (χ1n) is 5.83. The Morgan fingerprint density at radius 1 is 1.31 bits per heavy atom. The van der Waals surface area contributed by atoms with Gasteiger partial charge in [-0.25, -0.2) is 4.79 Å². The minimum atomic E-state index is -1.10. The van der Waals surface area contributed by atoms with Crippen LogP contribution in [0.1, 0.15) is 19.3 Å². The van der Waals surface area contributed by atoms with E-state index in [-0.39, 0.29) is 0 Å². The highest BCUT2D eigenvalue weighted by Crippen LogP contribution is 2.20. The fraction of sp³-hybridized carbons (Fsp3) is 0.750. The summed E-state index contributed by atoms with van der Waals surface area (Å²) in [6.07, 6.45) is 4.69. The molecule has 0 radical (unpaired) electrons. The molecule has 4 heteroatoms. The zero-order valence-electron chi connectivity index (χ0n) is 10.8. The van der Waals surface area contributed by atoms with Gasteiger partial charge in [-0.1, -0.05) is 37.7 Å². The summed E-state index contributed by atoms with van der Waals surface area (Å²) in [7, 11) is 0.227. The first-order valence-corrected chi connectivity index (χ1v) is 9.25. The lowest BCUT2D eigenvalue weighted by atomic mass is 10.3. The predicted molar refractivity (Wildman–Crippen MR) is 69.5 cm³/mol. The van der Waals surface area contributed by atoms with Crippen molar-refractivity contribution in [1.29, 1.82) is 0 Å². The molecule has 0 bridgehead atoms. The molecule has 0 rings (SSSR count). The summed E-state index contributed by atoms with van der Waals surface area (Å²) in [4.78, 5) is 10.7. The van der Waals surface area contributed by atoms with Crippen LogP contribution in [-0.2, 0) is 9.47 Å². The van der Waals surface area contributed by atoms with Crippen LogP contribution < -0.4 is 0 Å². The molecule has 0 aromatic heterocycles. The van der Waals surface area contributed by atoms with E-state index >= 15 is 0 Å². The van der Waals surface area contributed by atoms with Crippen LogP contribution in [0.3, 0.4) is 0 Å². The minimum Gasteiger partial charge on any atom is -0.438 e. The summed E-state index contributed by atoms with van der Waals surface area (Å²) >= 11 is 0. The number of carbonyl (C=O) groups is 1. The zero-order valence-corrected chi connectivity index (χ0v) is 11.8.